The van der Waals surface area contributed by atoms with E-state index in [0.717, 1.165) is 4.90 Å². The van der Waals surface area contributed by atoms with Crippen LogP contribution >= 0.6 is 23.1 Å². The van der Waals surface area contributed by atoms with Crippen molar-refractivity contribution in [3.63, 3.8) is 0 Å². The first-order valence-corrected chi connectivity index (χ1v) is 9.36. The topological polar surface area (TPSA) is 71.1 Å². The molecule has 2 amide bonds. The van der Waals surface area contributed by atoms with Crippen molar-refractivity contribution in [2.75, 3.05) is 16.4 Å². The van der Waals surface area contributed by atoms with Crippen LogP contribution in [0.2, 0.25) is 0 Å². The van der Waals surface area contributed by atoms with E-state index in [0.29, 0.717) is 16.4 Å². The van der Waals surface area contributed by atoms with Crippen molar-refractivity contribution >= 4 is 45.7 Å². The van der Waals surface area contributed by atoms with Gasteiger partial charge in [0.2, 0.25) is 5.91 Å². The van der Waals surface area contributed by atoms with E-state index >= 15 is 0 Å². The maximum absolute atomic E-state index is 12.4. The van der Waals surface area contributed by atoms with Gasteiger partial charge in [-0.3, -0.25) is 14.9 Å². The molecule has 2 aromatic carbocycles. The van der Waals surface area contributed by atoms with E-state index < -0.39 is 0 Å². The monoisotopic (exact) mass is 369 g/mol. The van der Waals surface area contributed by atoms with Crippen LogP contribution in [0, 0.1) is 0 Å². The number of para-hydroxylation sites is 1. The molecule has 1 aromatic heterocycles. The van der Waals surface area contributed by atoms with E-state index in [2.05, 4.69) is 15.6 Å². The second kappa shape index (κ2) is 8.46. The van der Waals surface area contributed by atoms with Gasteiger partial charge in [0.25, 0.3) is 5.91 Å². The van der Waals surface area contributed by atoms with Gasteiger partial charge in [-0.05, 0) is 24.3 Å². The van der Waals surface area contributed by atoms with E-state index in [4.69, 9.17) is 0 Å². The second-order valence-corrected chi connectivity index (χ2v) is 6.93. The first-order valence-electron chi connectivity index (χ1n) is 7.50. The zero-order valence-electron chi connectivity index (χ0n) is 13.1. The molecular formula is C18H15N3O2S2. The highest BCUT2D eigenvalue weighted by molar-refractivity contribution is 8.00. The molecule has 0 atom stereocenters. The molecule has 0 saturated heterocycles. The Morgan fingerprint density at radius 3 is 2.52 bits per heavy atom. The molecule has 0 aliphatic carbocycles. The predicted molar refractivity (Wildman–Crippen MR) is 102 cm³/mol. The molecule has 0 radical (unpaired) electrons. The van der Waals surface area contributed by atoms with Crippen LogP contribution in [-0.4, -0.2) is 22.6 Å². The number of nitrogens with zero attached hydrogens (tertiary/aromatic N) is 1. The summed E-state index contributed by atoms with van der Waals surface area (Å²) in [6.07, 6.45) is 1.62. The molecule has 0 spiro atoms. The number of amides is 2. The highest BCUT2D eigenvalue weighted by Gasteiger charge is 2.14. The number of nitrogens with one attached hydrogen (secondary N) is 2. The number of rotatable bonds is 6. The summed E-state index contributed by atoms with van der Waals surface area (Å²) in [5, 5.41) is 7.83. The van der Waals surface area contributed by atoms with Gasteiger partial charge < -0.3 is 5.32 Å². The van der Waals surface area contributed by atoms with E-state index in [-0.39, 0.29) is 17.6 Å². The van der Waals surface area contributed by atoms with Gasteiger partial charge in [0.15, 0.2) is 5.13 Å². The quantitative estimate of drug-likeness (QED) is 0.641. The summed E-state index contributed by atoms with van der Waals surface area (Å²) in [7, 11) is 0. The third-order valence-corrected chi connectivity index (χ3v) is 4.91. The van der Waals surface area contributed by atoms with Crippen LogP contribution in [0.25, 0.3) is 0 Å². The first kappa shape index (κ1) is 17.2. The zero-order valence-corrected chi connectivity index (χ0v) is 14.8. The normalized spacial score (nSPS) is 10.2. The lowest BCUT2D eigenvalue weighted by molar-refractivity contribution is -0.113. The van der Waals surface area contributed by atoms with Gasteiger partial charge >= 0.3 is 0 Å². The minimum absolute atomic E-state index is 0.164. The van der Waals surface area contributed by atoms with Crippen molar-refractivity contribution in [3.05, 3.63) is 71.7 Å². The molecule has 0 aliphatic heterocycles. The highest BCUT2D eigenvalue weighted by Crippen LogP contribution is 2.20. The van der Waals surface area contributed by atoms with Crippen molar-refractivity contribution in [1.82, 2.24) is 4.98 Å². The molecule has 3 aromatic rings. The van der Waals surface area contributed by atoms with Crippen LogP contribution in [-0.2, 0) is 4.79 Å². The number of anilines is 2. The number of carbonyl (C=O) groups excluding carboxylic acids is 2. The zero-order chi connectivity index (χ0) is 17.5. The molecule has 0 fully saturated rings. The fourth-order valence-corrected chi connectivity index (χ4v) is 3.34. The predicted octanol–water partition coefficient (Wildman–Crippen LogP) is 4.13. The van der Waals surface area contributed by atoms with Gasteiger partial charge in [-0.25, -0.2) is 4.98 Å². The number of thioether (sulfide) groups is 1. The number of aromatic nitrogens is 1. The molecule has 0 aliphatic rings. The summed E-state index contributed by atoms with van der Waals surface area (Å²) in [5.74, 6) is -0.197. The Morgan fingerprint density at radius 2 is 1.76 bits per heavy atom. The lowest BCUT2D eigenvalue weighted by Crippen LogP contribution is -2.19. The lowest BCUT2D eigenvalue weighted by atomic mass is 10.1. The Kier molecular flexibility index (Phi) is 5.81. The summed E-state index contributed by atoms with van der Waals surface area (Å²) in [5.41, 5.74) is 0.881. The molecule has 3 rings (SSSR count). The summed E-state index contributed by atoms with van der Waals surface area (Å²) >= 11 is 2.78. The van der Waals surface area contributed by atoms with E-state index in [1.54, 1.807) is 35.8 Å². The third-order valence-electron chi connectivity index (χ3n) is 3.21. The lowest BCUT2D eigenvalue weighted by Gasteiger charge is -2.10. The summed E-state index contributed by atoms with van der Waals surface area (Å²) in [6.45, 7) is 0. The minimum Gasteiger partial charge on any atom is -0.325 e. The van der Waals surface area contributed by atoms with Crippen LogP contribution in [0.3, 0.4) is 0 Å². The molecule has 126 valence electrons. The van der Waals surface area contributed by atoms with Gasteiger partial charge in [0.05, 0.1) is 17.0 Å². The number of thiazole rings is 1. The molecule has 7 heteroatoms. The molecule has 5 nitrogen and oxygen atoms in total. The average molecular weight is 369 g/mol. The van der Waals surface area contributed by atoms with Crippen LogP contribution in [0.5, 0.6) is 0 Å². The number of carbonyl (C=O) groups is 2. The fraction of sp³-hybridized carbons (Fsp3) is 0.0556. The summed E-state index contributed by atoms with van der Waals surface area (Å²) in [4.78, 5) is 29.6. The fourth-order valence-electron chi connectivity index (χ4n) is 2.09. The van der Waals surface area contributed by atoms with Crippen molar-refractivity contribution < 1.29 is 9.59 Å². The largest absolute Gasteiger partial charge is 0.325 e. The SMILES string of the molecule is O=C(CSc1ccccc1)Nc1ccccc1C(=O)Nc1nccs1. The van der Waals surface area contributed by atoms with Crippen molar-refractivity contribution in [2.45, 2.75) is 4.90 Å². The van der Waals surface area contributed by atoms with Crippen LogP contribution in [0.1, 0.15) is 10.4 Å². The molecule has 2 N–H and O–H groups in total. The minimum atomic E-state index is -0.304. The number of hydrogen-bond donors (Lipinski definition) is 2. The average Bonchev–Trinajstić information content (AvgIpc) is 3.14. The van der Waals surface area contributed by atoms with Crippen LogP contribution in [0.15, 0.2) is 71.1 Å². The van der Waals surface area contributed by atoms with Crippen molar-refractivity contribution in [3.8, 4) is 0 Å². The maximum Gasteiger partial charge on any atom is 0.259 e. The number of hydrogen-bond acceptors (Lipinski definition) is 5. The number of benzene rings is 2. The molecule has 1 heterocycles. The first-order chi connectivity index (χ1) is 12.2. The van der Waals surface area contributed by atoms with Crippen molar-refractivity contribution in [1.29, 1.82) is 0 Å². The Labute approximate surface area is 153 Å². The summed E-state index contributed by atoms with van der Waals surface area (Å²) in [6, 6.07) is 16.6. The molecule has 0 unspecified atom stereocenters. The van der Waals surface area contributed by atoms with Gasteiger partial charge in [0, 0.05) is 16.5 Å². The standard InChI is InChI=1S/C18H15N3O2S2/c22-16(12-25-13-6-2-1-3-7-13)20-15-9-5-4-8-14(15)17(23)21-18-19-10-11-24-18/h1-11H,12H2,(H,20,22)(H,19,21,23). The second-order valence-electron chi connectivity index (χ2n) is 4.99. The van der Waals surface area contributed by atoms with Crippen LogP contribution < -0.4 is 10.6 Å². The Hall–Kier alpha value is -2.64. The van der Waals surface area contributed by atoms with Crippen molar-refractivity contribution in [2.24, 2.45) is 0 Å². The third kappa shape index (κ3) is 4.91. The van der Waals surface area contributed by atoms with Gasteiger partial charge in [0.1, 0.15) is 0 Å². The molecule has 0 saturated carbocycles. The van der Waals surface area contributed by atoms with E-state index in [9.17, 15) is 9.59 Å². The molecule has 0 bridgehead atoms. The smallest absolute Gasteiger partial charge is 0.259 e. The highest BCUT2D eigenvalue weighted by atomic mass is 32.2. The maximum atomic E-state index is 12.4. The molecule has 25 heavy (non-hydrogen) atoms. The van der Waals surface area contributed by atoms with Gasteiger partial charge in [-0.15, -0.1) is 23.1 Å². The van der Waals surface area contributed by atoms with Gasteiger partial charge in [-0.1, -0.05) is 30.3 Å². The Bertz CT molecular complexity index is 852. The van der Waals surface area contributed by atoms with Crippen LogP contribution in [0.4, 0.5) is 10.8 Å². The molecular weight excluding hydrogens is 354 g/mol. The van der Waals surface area contributed by atoms with E-state index in [1.807, 2.05) is 30.3 Å². The van der Waals surface area contributed by atoms with E-state index in [1.165, 1.54) is 23.1 Å². The summed E-state index contributed by atoms with van der Waals surface area (Å²) < 4.78 is 0. The Balaban J connectivity index is 1.64. The van der Waals surface area contributed by atoms with Gasteiger partial charge in [-0.2, -0.15) is 0 Å². The Morgan fingerprint density at radius 1 is 1.00 bits per heavy atom.